The molecule has 0 aromatic rings. The predicted molar refractivity (Wildman–Crippen MR) is 70.0 cm³/mol. The number of alkyl carbamates (subject to hydrolysis) is 1. The van der Waals surface area contributed by atoms with Gasteiger partial charge in [-0.25, -0.2) is 4.79 Å². The molecule has 0 bridgehead atoms. The monoisotopic (exact) mass is 343 g/mol. The maximum Gasteiger partial charge on any atom is 0.408 e. The lowest BCUT2D eigenvalue weighted by atomic mass is 10.0. The number of ether oxygens (including phenoxy) is 1. The van der Waals surface area contributed by atoms with Crippen molar-refractivity contribution >= 4 is 38.0 Å². The lowest BCUT2D eigenvalue weighted by Crippen LogP contribution is -2.52. The van der Waals surface area contributed by atoms with Gasteiger partial charge in [-0.15, -0.1) is 0 Å². The summed E-state index contributed by atoms with van der Waals surface area (Å²) >= 11 is 6.80. The van der Waals surface area contributed by atoms with Crippen LogP contribution in [0.4, 0.5) is 4.79 Å². The van der Waals surface area contributed by atoms with Crippen LogP contribution in [0.5, 0.6) is 0 Å². The van der Waals surface area contributed by atoms with E-state index in [0.29, 0.717) is 10.7 Å². The predicted octanol–water partition coefficient (Wildman–Crippen LogP) is 3.45. The highest BCUT2D eigenvalue weighted by Gasteiger charge is 2.29. The molecule has 1 N–H and O–H groups in total. The van der Waals surface area contributed by atoms with Crippen LogP contribution >= 0.6 is 31.9 Å². The van der Waals surface area contributed by atoms with E-state index < -0.39 is 5.60 Å². The molecule has 0 rings (SSSR count). The summed E-state index contributed by atoms with van der Waals surface area (Å²) in [7, 11) is 0. The number of hydrogen-bond acceptors (Lipinski definition) is 2. The van der Waals surface area contributed by atoms with Crippen molar-refractivity contribution in [2.24, 2.45) is 0 Å². The summed E-state index contributed by atoms with van der Waals surface area (Å²) in [5.74, 6) is 0. The van der Waals surface area contributed by atoms with Crippen molar-refractivity contribution in [2.75, 3.05) is 10.7 Å². The van der Waals surface area contributed by atoms with Crippen LogP contribution in [0, 0.1) is 0 Å². The van der Waals surface area contributed by atoms with Crippen LogP contribution in [-0.4, -0.2) is 27.9 Å². The van der Waals surface area contributed by atoms with E-state index in [2.05, 4.69) is 37.2 Å². The van der Waals surface area contributed by atoms with Gasteiger partial charge < -0.3 is 10.1 Å². The third kappa shape index (κ3) is 5.76. The third-order valence-corrected chi connectivity index (χ3v) is 4.10. The van der Waals surface area contributed by atoms with Gasteiger partial charge in [-0.3, -0.25) is 0 Å². The molecule has 0 fully saturated rings. The van der Waals surface area contributed by atoms with Crippen LogP contribution in [0.2, 0.25) is 0 Å². The Bertz CT molecular complexity index is 202. The van der Waals surface area contributed by atoms with Crippen LogP contribution in [0.1, 0.15) is 34.1 Å². The minimum atomic E-state index is -0.456. The smallest absolute Gasteiger partial charge is 0.408 e. The van der Waals surface area contributed by atoms with Crippen LogP contribution in [0.25, 0.3) is 0 Å². The van der Waals surface area contributed by atoms with E-state index in [1.54, 1.807) is 0 Å². The Morgan fingerprint density at radius 3 is 2.00 bits per heavy atom. The molecule has 0 aliphatic heterocycles. The van der Waals surface area contributed by atoms with Crippen LogP contribution in [-0.2, 0) is 4.74 Å². The van der Waals surface area contributed by atoms with Gasteiger partial charge in [-0.1, -0.05) is 38.8 Å². The van der Waals surface area contributed by atoms with Crippen molar-refractivity contribution in [1.29, 1.82) is 0 Å². The average molecular weight is 345 g/mol. The van der Waals surface area contributed by atoms with Gasteiger partial charge in [0.05, 0.1) is 5.54 Å². The van der Waals surface area contributed by atoms with E-state index >= 15 is 0 Å². The lowest BCUT2D eigenvalue weighted by molar-refractivity contribution is 0.0475. The number of amides is 1. The van der Waals surface area contributed by atoms with Crippen molar-refractivity contribution in [3.63, 3.8) is 0 Å². The first-order valence-electron chi connectivity index (χ1n) is 4.91. The number of alkyl halides is 2. The summed E-state index contributed by atoms with van der Waals surface area (Å²) in [4.78, 5) is 11.6. The van der Waals surface area contributed by atoms with Gasteiger partial charge in [-0.05, 0) is 27.2 Å². The Kier molecular flexibility index (Phi) is 6.18. The summed E-state index contributed by atoms with van der Waals surface area (Å²) < 4.78 is 5.21. The molecule has 0 radical (unpaired) electrons. The first-order valence-corrected chi connectivity index (χ1v) is 7.16. The summed E-state index contributed by atoms with van der Waals surface area (Å²) in [6, 6.07) is 0. The van der Waals surface area contributed by atoms with Gasteiger partial charge >= 0.3 is 6.09 Å². The molecule has 0 saturated heterocycles. The Labute approximate surface area is 109 Å². The number of carbonyl (C=O) groups is 1. The van der Waals surface area contributed by atoms with Gasteiger partial charge in [0.1, 0.15) is 5.60 Å². The summed E-state index contributed by atoms with van der Waals surface area (Å²) in [5.41, 5.74) is -0.732. The standard InChI is InChI=1S/C10H19Br2NO2/c1-5-10(6-11,7-12)13-8(14)15-9(2,3)4/h5-7H2,1-4H3,(H,13,14). The van der Waals surface area contributed by atoms with Gasteiger partial charge in [0.25, 0.3) is 0 Å². The average Bonchev–Trinajstić information content (AvgIpc) is 2.11. The number of nitrogens with one attached hydrogen (secondary N) is 1. The van der Waals surface area contributed by atoms with E-state index in [0.717, 1.165) is 6.42 Å². The number of rotatable bonds is 4. The Morgan fingerprint density at radius 2 is 1.73 bits per heavy atom. The quantitative estimate of drug-likeness (QED) is 0.793. The minimum absolute atomic E-state index is 0.275. The molecule has 1 amide bonds. The summed E-state index contributed by atoms with van der Waals surface area (Å²) in [6.45, 7) is 7.58. The second-order valence-electron chi connectivity index (χ2n) is 4.53. The zero-order chi connectivity index (χ0) is 12.1. The van der Waals surface area contributed by atoms with E-state index in [4.69, 9.17) is 4.74 Å². The van der Waals surface area contributed by atoms with Crippen LogP contribution < -0.4 is 5.32 Å². The van der Waals surface area contributed by atoms with Crippen molar-refractivity contribution in [2.45, 2.75) is 45.3 Å². The van der Waals surface area contributed by atoms with Crippen LogP contribution in [0.15, 0.2) is 0 Å². The van der Waals surface area contributed by atoms with E-state index in [-0.39, 0.29) is 11.6 Å². The molecule has 0 aromatic heterocycles. The second kappa shape index (κ2) is 6.09. The van der Waals surface area contributed by atoms with Crippen molar-refractivity contribution in [3.05, 3.63) is 0 Å². The Hall–Kier alpha value is 0.230. The molecule has 0 saturated carbocycles. The van der Waals surface area contributed by atoms with Gasteiger partial charge in [-0.2, -0.15) is 0 Å². The molecule has 0 aliphatic carbocycles. The Morgan fingerprint density at radius 1 is 1.27 bits per heavy atom. The highest BCUT2D eigenvalue weighted by molar-refractivity contribution is 9.09. The third-order valence-electron chi connectivity index (χ3n) is 1.95. The first kappa shape index (κ1) is 15.2. The van der Waals surface area contributed by atoms with Crippen molar-refractivity contribution in [1.82, 2.24) is 5.32 Å². The minimum Gasteiger partial charge on any atom is -0.444 e. The zero-order valence-corrected chi connectivity index (χ0v) is 12.9. The van der Waals surface area contributed by atoms with Crippen LogP contribution in [0.3, 0.4) is 0 Å². The summed E-state index contributed by atoms with van der Waals surface area (Å²) in [5, 5.41) is 4.27. The lowest BCUT2D eigenvalue weighted by Gasteiger charge is -2.31. The SMILES string of the molecule is CCC(CBr)(CBr)NC(=O)OC(C)(C)C. The first-order chi connectivity index (χ1) is 6.78. The number of halogens is 2. The number of hydrogen-bond donors (Lipinski definition) is 1. The highest BCUT2D eigenvalue weighted by atomic mass is 79.9. The molecule has 5 heteroatoms. The molecule has 0 heterocycles. The molecule has 0 unspecified atom stereocenters. The zero-order valence-electron chi connectivity index (χ0n) is 9.69. The van der Waals surface area contributed by atoms with Gasteiger partial charge in [0.2, 0.25) is 0 Å². The maximum absolute atomic E-state index is 11.6. The molecule has 90 valence electrons. The Balaban J connectivity index is 4.36. The maximum atomic E-state index is 11.6. The van der Waals surface area contributed by atoms with Crippen molar-refractivity contribution < 1.29 is 9.53 Å². The molecule has 0 aromatic carbocycles. The fraction of sp³-hybridized carbons (Fsp3) is 0.900. The summed E-state index contributed by atoms with van der Waals surface area (Å²) in [6.07, 6.45) is 0.464. The molecular weight excluding hydrogens is 326 g/mol. The fourth-order valence-electron chi connectivity index (χ4n) is 0.900. The van der Waals surface area contributed by atoms with Gasteiger partial charge in [0, 0.05) is 10.7 Å². The fourth-order valence-corrected chi connectivity index (χ4v) is 2.90. The van der Waals surface area contributed by atoms with Gasteiger partial charge in [0.15, 0.2) is 0 Å². The molecule has 0 aliphatic rings. The second-order valence-corrected chi connectivity index (χ2v) is 5.65. The molecular formula is C10H19Br2NO2. The van der Waals surface area contributed by atoms with E-state index in [1.165, 1.54) is 0 Å². The molecule has 0 atom stereocenters. The van der Waals surface area contributed by atoms with E-state index in [1.807, 2.05) is 27.7 Å². The highest BCUT2D eigenvalue weighted by Crippen LogP contribution is 2.18. The normalized spacial score (nSPS) is 12.4. The molecule has 0 spiro atoms. The van der Waals surface area contributed by atoms with Crippen molar-refractivity contribution in [3.8, 4) is 0 Å². The molecule has 3 nitrogen and oxygen atoms in total. The number of carbonyl (C=O) groups excluding carboxylic acids is 1. The van der Waals surface area contributed by atoms with E-state index in [9.17, 15) is 4.79 Å². The largest absolute Gasteiger partial charge is 0.444 e. The topological polar surface area (TPSA) is 38.3 Å². The molecule has 15 heavy (non-hydrogen) atoms.